The zero-order valence-electron chi connectivity index (χ0n) is 10.7. The lowest BCUT2D eigenvalue weighted by atomic mass is 10.1. The Kier molecular flexibility index (Phi) is 6.34. The fourth-order valence-corrected chi connectivity index (χ4v) is 1.92. The first-order valence-electron chi connectivity index (χ1n) is 5.75. The van der Waals surface area contributed by atoms with Gasteiger partial charge in [-0.3, -0.25) is 10.1 Å². The Morgan fingerprint density at radius 2 is 2.11 bits per heavy atom. The maximum atomic E-state index is 11.6. The minimum absolute atomic E-state index is 0.000965. The lowest BCUT2D eigenvalue weighted by Crippen LogP contribution is -2.35. The van der Waals surface area contributed by atoms with E-state index in [2.05, 4.69) is 28.7 Å². The Balaban J connectivity index is 2.46. The van der Waals surface area contributed by atoms with Crippen LogP contribution in [0.25, 0.3) is 0 Å². The van der Waals surface area contributed by atoms with E-state index in [-0.39, 0.29) is 18.5 Å². The minimum atomic E-state index is -0.0494. The number of hydrogen-bond acceptors (Lipinski definition) is 3. The van der Waals surface area contributed by atoms with Gasteiger partial charge in [-0.25, -0.2) is 0 Å². The first-order chi connectivity index (χ1) is 8.67. The molecule has 2 N–H and O–H groups in total. The molecule has 0 bridgehead atoms. The Hall–Kier alpha value is -1.44. The molecule has 0 heterocycles. The molecular weight excluding hydrogens is 244 g/mol. The quantitative estimate of drug-likeness (QED) is 0.467. The molecule has 18 heavy (non-hydrogen) atoms. The Bertz CT molecular complexity index is 422. The van der Waals surface area contributed by atoms with Crippen molar-refractivity contribution in [1.82, 2.24) is 10.6 Å². The van der Waals surface area contributed by atoms with Crippen molar-refractivity contribution in [3.05, 3.63) is 29.8 Å². The van der Waals surface area contributed by atoms with Crippen LogP contribution in [0.1, 0.15) is 18.5 Å². The number of amides is 1. The van der Waals surface area contributed by atoms with E-state index in [1.54, 1.807) is 11.8 Å². The van der Waals surface area contributed by atoms with Crippen molar-refractivity contribution in [3.8, 4) is 12.3 Å². The van der Waals surface area contributed by atoms with Gasteiger partial charge >= 0.3 is 0 Å². The standard InChI is InChI=1S/C14H18N2OS/c1-4-9-15-10-14(17)16-11(2)12-5-7-13(18-3)8-6-12/h1,5-8,11,15H,9-10H2,2-3H3,(H,16,17). The second-order valence-corrected chi connectivity index (χ2v) is 4.75. The lowest BCUT2D eigenvalue weighted by Gasteiger charge is -2.14. The highest BCUT2D eigenvalue weighted by Crippen LogP contribution is 2.18. The second kappa shape index (κ2) is 7.80. The van der Waals surface area contributed by atoms with Crippen molar-refractivity contribution in [2.45, 2.75) is 17.9 Å². The highest BCUT2D eigenvalue weighted by molar-refractivity contribution is 7.98. The molecule has 0 radical (unpaired) electrons. The lowest BCUT2D eigenvalue weighted by molar-refractivity contribution is -0.120. The first kappa shape index (κ1) is 14.6. The summed E-state index contributed by atoms with van der Waals surface area (Å²) < 4.78 is 0. The topological polar surface area (TPSA) is 41.1 Å². The summed E-state index contributed by atoms with van der Waals surface area (Å²) in [6.45, 7) is 2.62. The van der Waals surface area contributed by atoms with Crippen molar-refractivity contribution in [1.29, 1.82) is 0 Å². The summed E-state index contributed by atoms with van der Waals surface area (Å²) in [6.07, 6.45) is 7.13. The van der Waals surface area contributed by atoms with E-state index in [4.69, 9.17) is 6.42 Å². The van der Waals surface area contributed by atoms with Gasteiger partial charge in [0.15, 0.2) is 0 Å². The summed E-state index contributed by atoms with van der Waals surface area (Å²) >= 11 is 1.70. The van der Waals surface area contributed by atoms with Crippen molar-refractivity contribution in [2.24, 2.45) is 0 Å². The van der Waals surface area contributed by atoms with E-state index in [1.165, 1.54) is 4.90 Å². The molecule has 3 nitrogen and oxygen atoms in total. The smallest absolute Gasteiger partial charge is 0.234 e. The molecule has 1 amide bonds. The van der Waals surface area contributed by atoms with E-state index >= 15 is 0 Å². The summed E-state index contributed by atoms with van der Waals surface area (Å²) in [4.78, 5) is 12.8. The minimum Gasteiger partial charge on any atom is -0.348 e. The van der Waals surface area contributed by atoms with Gasteiger partial charge in [-0.1, -0.05) is 18.1 Å². The maximum absolute atomic E-state index is 11.6. The third kappa shape index (κ3) is 4.82. The molecular formula is C14H18N2OS. The van der Waals surface area contributed by atoms with E-state index in [1.807, 2.05) is 25.3 Å². The van der Waals surface area contributed by atoms with Gasteiger partial charge in [0.2, 0.25) is 5.91 Å². The van der Waals surface area contributed by atoms with Crippen LogP contribution in [0.5, 0.6) is 0 Å². The van der Waals surface area contributed by atoms with Gasteiger partial charge in [0.25, 0.3) is 0 Å². The van der Waals surface area contributed by atoms with Crippen LogP contribution in [-0.2, 0) is 4.79 Å². The van der Waals surface area contributed by atoms with E-state index in [9.17, 15) is 4.79 Å². The average Bonchev–Trinajstić information content (AvgIpc) is 2.39. The zero-order chi connectivity index (χ0) is 13.4. The molecule has 1 rings (SSSR count). The highest BCUT2D eigenvalue weighted by atomic mass is 32.2. The van der Waals surface area contributed by atoms with Crippen LogP contribution in [0.4, 0.5) is 0 Å². The van der Waals surface area contributed by atoms with Crippen molar-refractivity contribution in [3.63, 3.8) is 0 Å². The normalized spacial score (nSPS) is 11.6. The van der Waals surface area contributed by atoms with E-state index in [0.29, 0.717) is 6.54 Å². The van der Waals surface area contributed by atoms with Gasteiger partial charge in [0.1, 0.15) is 0 Å². The Morgan fingerprint density at radius 3 is 2.67 bits per heavy atom. The largest absolute Gasteiger partial charge is 0.348 e. The van der Waals surface area contributed by atoms with E-state index < -0.39 is 0 Å². The predicted octanol–water partition coefficient (Wildman–Crippen LogP) is 1.81. The van der Waals surface area contributed by atoms with Crippen molar-refractivity contribution < 1.29 is 4.79 Å². The van der Waals surface area contributed by atoms with Crippen molar-refractivity contribution >= 4 is 17.7 Å². The number of carbonyl (C=O) groups excluding carboxylic acids is 1. The van der Waals surface area contributed by atoms with Crippen LogP contribution in [-0.4, -0.2) is 25.3 Å². The number of carbonyl (C=O) groups is 1. The second-order valence-electron chi connectivity index (χ2n) is 3.87. The van der Waals surface area contributed by atoms with Crippen LogP contribution >= 0.6 is 11.8 Å². The van der Waals surface area contributed by atoms with Gasteiger partial charge < -0.3 is 5.32 Å². The monoisotopic (exact) mass is 262 g/mol. The van der Waals surface area contributed by atoms with E-state index in [0.717, 1.165) is 5.56 Å². The molecule has 0 spiro atoms. The number of nitrogens with one attached hydrogen (secondary N) is 2. The van der Waals surface area contributed by atoms with Crippen LogP contribution in [0.2, 0.25) is 0 Å². The van der Waals surface area contributed by atoms with Crippen LogP contribution in [0, 0.1) is 12.3 Å². The molecule has 1 aromatic carbocycles. The fraction of sp³-hybridized carbons (Fsp3) is 0.357. The molecule has 1 atom stereocenters. The molecule has 0 saturated carbocycles. The van der Waals surface area contributed by atoms with Gasteiger partial charge in [-0.05, 0) is 30.9 Å². The third-order valence-electron chi connectivity index (χ3n) is 2.51. The molecule has 0 fully saturated rings. The fourth-order valence-electron chi connectivity index (χ4n) is 1.52. The summed E-state index contributed by atoms with van der Waals surface area (Å²) in [6, 6.07) is 8.18. The summed E-state index contributed by atoms with van der Waals surface area (Å²) in [5, 5.41) is 5.77. The SMILES string of the molecule is C#CCNCC(=O)NC(C)c1ccc(SC)cc1. The Morgan fingerprint density at radius 1 is 1.44 bits per heavy atom. The first-order valence-corrected chi connectivity index (χ1v) is 6.97. The molecule has 0 saturated heterocycles. The third-order valence-corrected chi connectivity index (χ3v) is 3.25. The van der Waals surface area contributed by atoms with Crippen LogP contribution in [0.3, 0.4) is 0 Å². The number of terminal acetylenes is 1. The summed E-state index contributed by atoms with van der Waals surface area (Å²) in [5.74, 6) is 2.38. The molecule has 0 aliphatic heterocycles. The number of benzene rings is 1. The van der Waals surface area contributed by atoms with Gasteiger partial charge in [0, 0.05) is 4.90 Å². The summed E-state index contributed by atoms with van der Waals surface area (Å²) in [5.41, 5.74) is 1.10. The van der Waals surface area contributed by atoms with Gasteiger partial charge in [-0.2, -0.15) is 0 Å². The number of thioether (sulfide) groups is 1. The predicted molar refractivity (Wildman–Crippen MR) is 76.5 cm³/mol. The van der Waals surface area contributed by atoms with Gasteiger partial charge in [0.05, 0.1) is 19.1 Å². The molecule has 1 unspecified atom stereocenters. The van der Waals surface area contributed by atoms with Crippen molar-refractivity contribution in [2.75, 3.05) is 19.3 Å². The number of rotatable bonds is 6. The van der Waals surface area contributed by atoms with Crippen LogP contribution in [0.15, 0.2) is 29.2 Å². The summed E-state index contributed by atoms with van der Waals surface area (Å²) in [7, 11) is 0. The van der Waals surface area contributed by atoms with Gasteiger partial charge in [-0.15, -0.1) is 18.2 Å². The Labute approximate surface area is 113 Å². The van der Waals surface area contributed by atoms with Crippen LogP contribution < -0.4 is 10.6 Å². The maximum Gasteiger partial charge on any atom is 0.234 e. The molecule has 1 aromatic rings. The molecule has 96 valence electrons. The molecule has 0 aromatic heterocycles. The molecule has 0 aliphatic carbocycles. The highest BCUT2D eigenvalue weighted by Gasteiger charge is 2.08. The average molecular weight is 262 g/mol. The zero-order valence-corrected chi connectivity index (χ0v) is 11.5. The molecule has 4 heteroatoms. The number of hydrogen-bond donors (Lipinski definition) is 2. The molecule has 0 aliphatic rings.